The number of hydrogen-bond donors (Lipinski definition) is 1. The van der Waals surface area contributed by atoms with E-state index in [1.165, 1.54) is 6.07 Å². The number of hydrogen-bond acceptors (Lipinski definition) is 3. The maximum atomic E-state index is 13.6. The lowest BCUT2D eigenvalue weighted by Crippen LogP contribution is -2.36. The highest BCUT2D eigenvalue weighted by Crippen LogP contribution is 2.22. The van der Waals surface area contributed by atoms with Crippen LogP contribution < -0.4 is 5.32 Å². The first-order valence-electron chi connectivity index (χ1n) is 8.85. The number of amides is 1. The van der Waals surface area contributed by atoms with Crippen LogP contribution in [-0.4, -0.2) is 33.4 Å². The van der Waals surface area contributed by atoms with Gasteiger partial charge in [0.15, 0.2) is 0 Å². The molecule has 1 fully saturated rings. The Labute approximate surface area is 147 Å². The van der Waals surface area contributed by atoms with Crippen molar-refractivity contribution in [3.63, 3.8) is 0 Å². The fraction of sp³-hybridized carbons (Fsp3) is 0.474. The summed E-state index contributed by atoms with van der Waals surface area (Å²) < 4.78 is 15.6. The first kappa shape index (κ1) is 17.6. The Balaban J connectivity index is 1.45. The lowest BCUT2D eigenvalue weighted by atomic mass is 9.93. The van der Waals surface area contributed by atoms with Crippen molar-refractivity contribution in [1.82, 2.24) is 14.5 Å². The van der Waals surface area contributed by atoms with Crippen LogP contribution in [0.3, 0.4) is 0 Å². The lowest BCUT2D eigenvalue weighted by molar-refractivity contribution is -0.116. The van der Waals surface area contributed by atoms with E-state index < -0.39 is 5.82 Å². The molecule has 0 bridgehead atoms. The van der Waals surface area contributed by atoms with Crippen LogP contribution in [0.15, 0.2) is 36.7 Å². The number of halogens is 1. The van der Waals surface area contributed by atoms with Gasteiger partial charge in [0.2, 0.25) is 5.91 Å². The van der Waals surface area contributed by atoms with Gasteiger partial charge in [-0.05, 0) is 43.9 Å². The summed E-state index contributed by atoms with van der Waals surface area (Å²) in [6.45, 7) is 2.91. The number of benzene rings is 1. The number of imidazole rings is 1. The van der Waals surface area contributed by atoms with Crippen molar-refractivity contribution >= 4 is 11.6 Å². The minimum absolute atomic E-state index is 0.119. The van der Waals surface area contributed by atoms with E-state index >= 15 is 0 Å². The van der Waals surface area contributed by atoms with Crippen molar-refractivity contribution in [2.24, 2.45) is 13.0 Å². The zero-order chi connectivity index (χ0) is 17.6. The number of aromatic nitrogens is 2. The average molecular weight is 344 g/mol. The molecular formula is C19H25FN4O. The second-order valence-electron chi connectivity index (χ2n) is 6.76. The van der Waals surface area contributed by atoms with E-state index in [1.54, 1.807) is 18.2 Å². The number of carbonyl (C=O) groups excluding carboxylic acids is 1. The Hall–Kier alpha value is -2.21. The van der Waals surface area contributed by atoms with Crippen LogP contribution in [0.4, 0.5) is 10.1 Å². The van der Waals surface area contributed by atoms with Crippen LogP contribution in [-0.2, 0) is 18.4 Å². The fourth-order valence-corrected chi connectivity index (χ4v) is 3.39. The summed E-state index contributed by atoms with van der Waals surface area (Å²) >= 11 is 0. The van der Waals surface area contributed by atoms with Gasteiger partial charge in [0.1, 0.15) is 11.6 Å². The minimum atomic E-state index is -0.394. The van der Waals surface area contributed by atoms with E-state index in [4.69, 9.17) is 0 Å². The zero-order valence-corrected chi connectivity index (χ0v) is 14.6. The molecule has 1 aliphatic heterocycles. The summed E-state index contributed by atoms with van der Waals surface area (Å²) in [5.41, 5.74) is 0.257. The van der Waals surface area contributed by atoms with Crippen LogP contribution in [0.25, 0.3) is 0 Å². The maximum absolute atomic E-state index is 13.6. The van der Waals surface area contributed by atoms with Gasteiger partial charge < -0.3 is 9.88 Å². The molecule has 2 heterocycles. The predicted molar refractivity (Wildman–Crippen MR) is 95.5 cm³/mol. The molecule has 1 aromatic carbocycles. The van der Waals surface area contributed by atoms with E-state index in [-0.39, 0.29) is 11.6 Å². The predicted octanol–water partition coefficient (Wildman–Crippen LogP) is 3.19. The second kappa shape index (κ2) is 8.25. The SMILES string of the molecule is Cn1ccnc1CN1CCCC(CCC(=O)Nc2ccccc2F)C1. The van der Waals surface area contributed by atoms with Gasteiger partial charge in [0.25, 0.3) is 0 Å². The quantitative estimate of drug-likeness (QED) is 0.875. The average Bonchev–Trinajstić information content (AvgIpc) is 3.00. The van der Waals surface area contributed by atoms with Crippen molar-refractivity contribution in [1.29, 1.82) is 0 Å². The van der Waals surface area contributed by atoms with Crippen LogP contribution >= 0.6 is 0 Å². The largest absolute Gasteiger partial charge is 0.337 e. The van der Waals surface area contributed by atoms with Gasteiger partial charge in [0, 0.05) is 32.4 Å². The summed E-state index contributed by atoms with van der Waals surface area (Å²) in [6.07, 6.45) is 7.33. The lowest BCUT2D eigenvalue weighted by Gasteiger charge is -2.32. The zero-order valence-electron chi connectivity index (χ0n) is 14.6. The summed E-state index contributed by atoms with van der Waals surface area (Å²) in [6, 6.07) is 6.27. The van der Waals surface area contributed by atoms with E-state index in [0.717, 1.165) is 44.7 Å². The Kier molecular flexibility index (Phi) is 5.81. The third-order valence-corrected chi connectivity index (χ3v) is 4.82. The van der Waals surface area contributed by atoms with Gasteiger partial charge in [-0.2, -0.15) is 0 Å². The summed E-state index contributed by atoms with van der Waals surface area (Å²) in [7, 11) is 2.01. The monoisotopic (exact) mass is 344 g/mol. The maximum Gasteiger partial charge on any atom is 0.224 e. The molecule has 1 aliphatic rings. The number of piperidine rings is 1. The third kappa shape index (κ3) is 4.89. The molecule has 1 unspecified atom stereocenters. The molecule has 1 saturated heterocycles. The molecule has 0 aliphatic carbocycles. The highest BCUT2D eigenvalue weighted by Gasteiger charge is 2.21. The Morgan fingerprint density at radius 2 is 2.24 bits per heavy atom. The molecule has 1 aromatic heterocycles. The minimum Gasteiger partial charge on any atom is -0.337 e. The number of para-hydroxylation sites is 1. The number of nitrogens with zero attached hydrogens (tertiary/aromatic N) is 3. The Morgan fingerprint density at radius 3 is 3.00 bits per heavy atom. The van der Waals surface area contributed by atoms with Crippen LogP contribution in [0.1, 0.15) is 31.5 Å². The normalized spacial score (nSPS) is 18.2. The number of carbonyl (C=O) groups is 1. The van der Waals surface area contributed by atoms with Crippen LogP contribution in [0.5, 0.6) is 0 Å². The molecule has 0 radical (unpaired) electrons. The topological polar surface area (TPSA) is 50.2 Å². The Bertz CT molecular complexity index is 715. The first-order chi connectivity index (χ1) is 12.1. The fourth-order valence-electron chi connectivity index (χ4n) is 3.39. The molecule has 0 saturated carbocycles. The molecule has 3 rings (SSSR count). The highest BCUT2D eigenvalue weighted by molar-refractivity contribution is 5.90. The van der Waals surface area contributed by atoms with Crippen LogP contribution in [0.2, 0.25) is 0 Å². The number of nitrogens with one attached hydrogen (secondary N) is 1. The van der Waals surface area contributed by atoms with Gasteiger partial charge in [0.05, 0.1) is 12.2 Å². The highest BCUT2D eigenvalue weighted by atomic mass is 19.1. The van der Waals surface area contributed by atoms with Gasteiger partial charge in [-0.1, -0.05) is 12.1 Å². The number of aryl methyl sites for hydroxylation is 1. The molecule has 1 atom stereocenters. The molecular weight excluding hydrogens is 319 g/mol. The number of rotatable bonds is 6. The molecule has 2 aromatic rings. The summed E-state index contributed by atoms with van der Waals surface area (Å²) in [5.74, 6) is 1.06. The molecule has 1 N–H and O–H groups in total. The molecule has 6 heteroatoms. The van der Waals surface area contributed by atoms with E-state index in [1.807, 2.05) is 24.0 Å². The van der Waals surface area contributed by atoms with Gasteiger partial charge in [-0.25, -0.2) is 9.37 Å². The van der Waals surface area contributed by atoms with Crippen molar-refractivity contribution in [3.8, 4) is 0 Å². The van der Waals surface area contributed by atoms with Crippen molar-refractivity contribution in [2.75, 3.05) is 18.4 Å². The van der Waals surface area contributed by atoms with Gasteiger partial charge in [-0.3, -0.25) is 9.69 Å². The first-order valence-corrected chi connectivity index (χ1v) is 8.85. The standard InChI is InChI=1S/C19H25FN4O/c1-23-12-10-21-18(23)14-24-11-4-5-15(13-24)8-9-19(25)22-17-7-3-2-6-16(17)20/h2-3,6-7,10,12,15H,4-5,8-9,11,13-14H2,1H3,(H,22,25). The number of anilines is 1. The van der Waals surface area contributed by atoms with Crippen molar-refractivity contribution < 1.29 is 9.18 Å². The van der Waals surface area contributed by atoms with Gasteiger partial charge >= 0.3 is 0 Å². The third-order valence-electron chi connectivity index (χ3n) is 4.82. The van der Waals surface area contributed by atoms with Gasteiger partial charge in [-0.15, -0.1) is 0 Å². The molecule has 0 spiro atoms. The van der Waals surface area contributed by atoms with Crippen LogP contribution in [0, 0.1) is 11.7 Å². The number of likely N-dealkylation sites (tertiary alicyclic amines) is 1. The van der Waals surface area contributed by atoms with E-state index in [9.17, 15) is 9.18 Å². The van der Waals surface area contributed by atoms with Crippen molar-refractivity contribution in [3.05, 3.63) is 48.3 Å². The van der Waals surface area contributed by atoms with Crippen molar-refractivity contribution in [2.45, 2.75) is 32.2 Å². The smallest absolute Gasteiger partial charge is 0.224 e. The molecule has 134 valence electrons. The molecule has 25 heavy (non-hydrogen) atoms. The molecule has 1 amide bonds. The second-order valence-corrected chi connectivity index (χ2v) is 6.76. The summed E-state index contributed by atoms with van der Waals surface area (Å²) in [4.78, 5) is 18.9. The Morgan fingerprint density at radius 1 is 1.40 bits per heavy atom. The summed E-state index contributed by atoms with van der Waals surface area (Å²) in [5, 5.41) is 2.66. The van der Waals surface area contributed by atoms with E-state index in [2.05, 4.69) is 15.2 Å². The molecule has 5 nitrogen and oxygen atoms in total. The van der Waals surface area contributed by atoms with E-state index in [0.29, 0.717) is 12.3 Å².